The van der Waals surface area contributed by atoms with E-state index in [2.05, 4.69) is 31.4 Å². The van der Waals surface area contributed by atoms with Crippen LogP contribution in [0.5, 0.6) is 0 Å². The molecule has 3 aromatic heterocycles. The summed E-state index contributed by atoms with van der Waals surface area (Å²) >= 11 is 1.74. The van der Waals surface area contributed by atoms with Crippen LogP contribution in [-0.4, -0.2) is 31.3 Å². The molecule has 0 aliphatic rings. The van der Waals surface area contributed by atoms with Crippen LogP contribution in [-0.2, 0) is 6.42 Å². The molecule has 0 radical (unpaired) electrons. The number of aryl methyl sites for hydroxylation is 2. The highest BCUT2D eigenvalue weighted by molar-refractivity contribution is 7.18. The Hall–Kier alpha value is -2.80. The van der Waals surface area contributed by atoms with E-state index in [0.29, 0.717) is 0 Å². The van der Waals surface area contributed by atoms with Crippen LogP contribution in [0.4, 0.5) is 5.82 Å². The van der Waals surface area contributed by atoms with Crippen LogP contribution < -0.4 is 5.32 Å². The quantitative estimate of drug-likeness (QED) is 0.596. The van der Waals surface area contributed by atoms with E-state index in [-0.39, 0.29) is 0 Å². The number of nitrogens with zero attached hydrogens (tertiary/aromatic N) is 5. The Morgan fingerprint density at radius 2 is 2.00 bits per heavy atom. The summed E-state index contributed by atoms with van der Waals surface area (Å²) in [7, 11) is 0. The first-order valence-electron chi connectivity index (χ1n) is 8.13. The Morgan fingerprint density at radius 3 is 2.80 bits per heavy atom. The van der Waals surface area contributed by atoms with Crippen LogP contribution in [0.15, 0.2) is 42.7 Å². The molecule has 25 heavy (non-hydrogen) atoms. The van der Waals surface area contributed by atoms with Crippen molar-refractivity contribution in [3.63, 3.8) is 0 Å². The molecule has 0 saturated carbocycles. The van der Waals surface area contributed by atoms with Crippen molar-refractivity contribution in [1.82, 2.24) is 24.7 Å². The van der Waals surface area contributed by atoms with Gasteiger partial charge in [-0.05, 0) is 32.0 Å². The minimum Gasteiger partial charge on any atom is -0.368 e. The summed E-state index contributed by atoms with van der Waals surface area (Å²) in [5.74, 6) is 1.46. The second-order valence-corrected chi connectivity index (χ2v) is 6.97. The van der Waals surface area contributed by atoms with Gasteiger partial charge in [-0.3, -0.25) is 4.98 Å². The predicted molar refractivity (Wildman–Crippen MR) is 100 cm³/mol. The summed E-state index contributed by atoms with van der Waals surface area (Å²) in [6.07, 6.45) is 4.30. The van der Waals surface area contributed by atoms with E-state index >= 15 is 0 Å². The van der Waals surface area contributed by atoms with Gasteiger partial charge in [0, 0.05) is 18.7 Å². The molecule has 0 aliphatic heterocycles. The number of rotatable bonds is 5. The third-order valence-corrected chi connectivity index (χ3v) is 4.93. The maximum Gasteiger partial charge on any atom is 0.174 e. The van der Waals surface area contributed by atoms with Crippen molar-refractivity contribution in [3.8, 4) is 5.82 Å². The summed E-state index contributed by atoms with van der Waals surface area (Å²) in [6, 6.07) is 10.2. The molecular weight excluding hydrogens is 332 g/mol. The Balaban J connectivity index is 1.44. The fraction of sp³-hybridized carbons (Fsp3) is 0.222. The normalized spacial score (nSPS) is 11.1. The van der Waals surface area contributed by atoms with Gasteiger partial charge >= 0.3 is 0 Å². The summed E-state index contributed by atoms with van der Waals surface area (Å²) in [5.41, 5.74) is 3.07. The minimum atomic E-state index is 0.718. The standard InChI is InChI=1S/C18H18N6S/c1-12-9-13(2)24(23-12)17-11-19-10-16(22-17)20-8-7-18-21-14-5-3-4-6-15(14)25-18/h3-6,9-11H,7-8H2,1-2H3,(H,20,22). The number of hydrogen-bond donors (Lipinski definition) is 1. The zero-order chi connectivity index (χ0) is 17.2. The van der Waals surface area contributed by atoms with Crippen LogP contribution >= 0.6 is 11.3 Å². The molecule has 3 heterocycles. The first kappa shape index (κ1) is 15.7. The van der Waals surface area contributed by atoms with Gasteiger partial charge in [-0.15, -0.1) is 11.3 Å². The van der Waals surface area contributed by atoms with Crippen molar-refractivity contribution in [1.29, 1.82) is 0 Å². The summed E-state index contributed by atoms with van der Waals surface area (Å²) in [5, 5.41) is 8.90. The Kier molecular flexibility index (Phi) is 4.15. The van der Waals surface area contributed by atoms with E-state index in [1.807, 2.05) is 38.1 Å². The maximum absolute atomic E-state index is 4.65. The summed E-state index contributed by atoms with van der Waals surface area (Å²) in [4.78, 5) is 13.5. The molecule has 0 spiro atoms. The molecule has 0 saturated heterocycles. The van der Waals surface area contributed by atoms with Crippen molar-refractivity contribution in [3.05, 3.63) is 59.1 Å². The second kappa shape index (κ2) is 6.60. The van der Waals surface area contributed by atoms with Crippen LogP contribution in [0.2, 0.25) is 0 Å². The first-order chi connectivity index (χ1) is 12.2. The van der Waals surface area contributed by atoms with E-state index in [1.54, 1.807) is 28.4 Å². The van der Waals surface area contributed by atoms with Crippen molar-refractivity contribution >= 4 is 27.4 Å². The summed E-state index contributed by atoms with van der Waals surface area (Å²) < 4.78 is 3.03. The van der Waals surface area contributed by atoms with Gasteiger partial charge < -0.3 is 5.32 Å². The van der Waals surface area contributed by atoms with Crippen molar-refractivity contribution in [2.24, 2.45) is 0 Å². The lowest BCUT2D eigenvalue weighted by Gasteiger charge is -2.07. The fourth-order valence-corrected chi connectivity index (χ4v) is 3.69. The molecule has 0 atom stereocenters. The van der Waals surface area contributed by atoms with Crippen molar-refractivity contribution in [2.45, 2.75) is 20.3 Å². The smallest absolute Gasteiger partial charge is 0.174 e. The number of hydrogen-bond acceptors (Lipinski definition) is 6. The van der Waals surface area contributed by atoms with Gasteiger partial charge in [0.05, 0.1) is 33.3 Å². The minimum absolute atomic E-state index is 0.718. The molecule has 1 aromatic carbocycles. The molecule has 0 aliphatic carbocycles. The predicted octanol–water partition coefficient (Wildman–Crippen LogP) is 3.54. The zero-order valence-corrected chi connectivity index (χ0v) is 14.9. The highest BCUT2D eigenvalue weighted by atomic mass is 32.1. The number of para-hydroxylation sites is 1. The average molecular weight is 350 g/mol. The van der Waals surface area contributed by atoms with Crippen LogP contribution in [0, 0.1) is 13.8 Å². The molecular formula is C18H18N6S. The fourth-order valence-electron chi connectivity index (χ4n) is 2.73. The molecule has 1 N–H and O–H groups in total. The molecule has 0 fully saturated rings. The van der Waals surface area contributed by atoms with Gasteiger partial charge in [0.15, 0.2) is 5.82 Å². The van der Waals surface area contributed by atoms with Crippen LogP contribution in [0.1, 0.15) is 16.4 Å². The van der Waals surface area contributed by atoms with Crippen LogP contribution in [0.3, 0.4) is 0 Å². The number of nitrogens with one attached hydrogen (secondary N) is 1. The molecule has 0 amide bonds. The van der Waals surface area contributed by atoms with Gasteiger partial charge in [-0.1, -0.05) is 12.1 Å². The molecule has 4 aromatic rings. The third-order valence-electron chi connectivity index (χ3n) is 3.83. The molecule has 4 rings (SSSR count). The first-order valence-corrected chi connectivity index (χ1v) is 8.95. The third kappa shape index (κ3) is 3.36. The number of aromatic nitrogens is 5. The van der Waals surface area contributed by atoms with E-state index < -0.39 is 0 Å². The maximum atomic E-state index is 4.65. The van der Waals surface area contributed by atoms with Gasteiger partial charge in [-0.2, -0.15) is 5.10 Å². The monoisotopic (exact) mass is 350 g/mol. The number of fused-ring (bicyclic) bond motifs is 1. The Bertz CT molecular complexity index is 986. The lowest BCUT2D eigenvalue weighted by atomic mass is 10.3. The van der Waals surface area contributed by atoms with Gasteiger partial charge in [-0.25, -0.2) is 14.6 Å². The van der Waals surface area contributed by atoms with E-state index in [1.165, 1.54) is 4.70 Å². The molecule has 6 nitrogen and oxygen atoms in total. The Labute approximate surface area is 149 Å². The van der Waals surface area contributed by atoms with E-state index in [0.717, 1.165) is 46.5 Å². The largest absolute Gasteiger partial charge is 0.368 e. The lowest BCUT2D eigenvalue weighted by Crippen LogP contribution is -2.09. The molecule has 7 heteroatoms. The topological polar surface area (TPSA) is 68.5 Å². The average Bonchev–Trinajstić information content (AvgIpc) is 3.17. The highest BCUT2D eigenvalue weighted by Crippen LogP contribution is 2.21. The van der Waals surface area contributed by atoms with Crippen LogP contribution in [0.25, 0.3) is 16.0 Å². The number of benzene rings is 1. The van der Waals surface area contributed by atoms with E-state index in [9.17, 15) is 0 Å². The lowest BCUT2D eigenvalue weighted by molar-refractivity contribution is 0.798. The Morgan fingerprint density at radius 1 is 1.12 bits per heavy atom. The van der Waals surface area contributed by atoms with Gasteiger partial charge in [0.2, 0.25) is 0 Å². The SMILES string of the molecule is Cc1cc(C)n(-c2cncc(NCCc3nc4ccccc4s3)n2)n1. The van der Waals surface area contributed by atoms with Gasteiger partial charge in [0.25, 0.3) is 0 Å². The highest BCUT2D eigenvalue weighted by Gasteiger charge is 2.07. The van der Waals surface area contributed by atoms with Gasteiger partial charge in [0.1, 0.15) is 5.82 Å². The van der Waals surface area contributed by atoms with E-state index in [4.69, 9.17) is 0 Å². The van der Waals surface area contributed by atoms with Crippen molar-refractivity contribution < 1.29 is 0 Å². The van der Waals surface area contributed by atoms with Crippen molar-refractivity contribution in [2.75, 3.05) is 11.9 Å². The molecule has 0 unspecified atom stereocenters. The number of anilines is 1. The molecule has 0 bridgehead atoms. The number of thiazole rings is 1. The zero-order valence-electron chi connectivity index (χ0n) is 14.1. The molecule has 126 valence electrons. The summed E-state index contributed by atoms with van der Waals surface area (Å²) in [6.45, 7) is 4.74. The second-order valence-electron chi connectivity index (χ2n) is 5.85.